The van der Waals surface area contributed by atoms with Crippen molar-refractivity contribution in [3.8, 4) is 0 Å². The maximum atomic E-state index is 2.80. The molecule has 4 heteroatoms. The number of fused-ring (bicyclic) bond motifs is 5. The van der Waals surface area contributed by atoms with Gasteiger partial charge in [0.2, 0.25) is 5.04 Å². The number of rotatable bonds is 5. The third-order valence-electron chi connectivity index (χ3n) is 13.5. The molecule has 8 rings (SSSR count). The lowest BCUT2D eigenvalue weighted by Gasteiger charge is -2.43. The van der Waals surface area contributed by atoms with E-state index in [1.807, 2.05) is 0 Å². The molecule has 2 aliphatic heterocycles. The highest BCUT2D eigenvalue weighted by atomic mass is 32.2. The predicted molar refractivity (Wildman–Crippen MR) is 187 cm³/mol. The van der Waals surface area contributed by atoms with E-state index in [1.165, 1.54) is 116 Å². The lowest BCUT2D eigenvalue weighted by Crippen LogP contribution is -2.43. The summed E-state index contributed by atoms with van der Waals surface area (Å²) in [6, 6.07) is 1.57. The second-order valence-corrected chi connectivity index (χ2v) is 18.1. The van der Waals surface area contributed by atoms with E-state index in [0.717, 1.165) is 58.1 Å². The molecule has 8 aliphatic rings. The Hall–Kier alpha value is -0.870. The molecular formula is C39H57N2S2+. The molecule has 0 radical (unpaired) electrons. The second-order valence-electron chi connectivity index (χ2n) is 15.6. The molecule has 2 nitrogen and oxygen atoms in total. The summed E-state index contributed by atoms with van der Waals surface area (Å²) < 4.78 is 2.80. The minimum Gasteiger partial charge on any atom is -0.363 e. The Morgan fingerprint density at radius 1 is 0.721 bits per heavy atom. The quantitative estimate of drug-likeness (QED) is 0.284. The van der Waals surface area contributed by atoms with Gasteiger partial charge in [-0.2, -0.15) is 0 Å². The minimum absolute atomic E-state index is 0.742. The number of hydrogen-bond donors (Lipinski definition) is 0. The van der Waals surface area contributed by atoms with Gasteiger partial charge in [-0.05, 0) is 117 Å². The summed E-state index contributed by atoms with van der Waals surface area (Å²) in [6.07, 6.45) is 36.3. The molecule has 0 N–H and O–H groups in total. The first kappa shape index (κ1) is 29.5. The van der Waals surface area contributed by atoms with Gasteiger partial charge in [-0.3, -0.25) is 0 Å². The SMILES string of the molecule is CCN1/C(=C/C=C2C=C(/C=C/C3=[N+](CC)C4CC5CCCCC5CC4S3)C3CCCCC/23)SC2CC3CCCCC3CC21. The Balaban J connectivity index is 1.01. The van der Waals surface area contributed by atoms with Gasteiger partial charge in [-0.25, -0.2) is 4.58 Å². The van der Waals surface area contributed by atoms with Crippen molar-refractivity contribution in [1.29, 1.82) is 0 Å². The predicted octanol–water partition coefficient (Wildman–Crippen LogP) is 9.98. The second kappa shape index (κ2) is 12.7. The molecule has 1 saturated heterocycles. The molecule has 10 unspecified atom stereocenters. The van der Waals surface area contributed by atoms with Gasteiger partial charge in [-0.15, -0.1) is 11.8 Å². The van der Waals surface area contributed by atoms with E-state index in [9.17, 15) is 0 Å². The molecule has 6 fully saturated rings. The summed E-state index contributed by atoms with van der Waals surface area (Å²) in [5.74, 6) is 5.52. The smallest absolute Gasteiger partial charge is 0.235 e. The third kappa shape index (κ3) is 5.59. The molecule has 10 atom stereocenters. The normalized spacial score (nSPS) is 44.4. The Morgan fingerprint density at radius 3 is 2.09 bits per heavy atom. The molecule has 43 heavy (non-hydrogen) atoms. The zero-order chi connectivity index (χ0) is 28.9. The maximum Gasteiger partial charge on any atom is 0.235 e. The molecule has 234 valence electrons. The molecule has 0 aromatic rings. The Bertz CT molecular complexity index is 1210. The molecular weight excluding hydrogens is 561 g/mol. The first-order valence-electron chi connectivity index (χ1n) is 18.7. The van der Waals surface area contributed by atoms with E-state index < -0.39 is 0 Å². The summed E-state index contributed by atoms with van der Waals surface area (Å²) in [7, 11) is 0. The zero-order valence-corrected chi connectivity index (χ0v) is 28.7. The van der Waals surface area contributed by atoms with Crippen LogP contribution in [0, 0.1) is 35.5 Å². The highest BCUT2D eigenvalue weighted by molar-refractivity contribution is 8.14. The fourth-order valence-corrected chi connectivity index (χ4v) is 14.6. The van der Waals surface area contributed by atoms with E-state index in [2.05, 4.69) is 77.2 Å². The van der Waals surface area contributed by atoms with Crippen LogP contribution < -0.4 is 0 Å². The van der Waals surface area contributed by atoms with Gasteiger partial charge < -0.3 is 4.90 Å². The number of hydrogen-bond acceptors (Lipinski definition) is 3. The standard InChI is InChI=1S/C39H57N2S2/c1-3-40-34-22-26-11-5-7-13-28(26)24-36(34)42-38(40)19-17-30-21-31(33-16-10-9-15-32(30)33)18-20-39-41(4-2)35-23-27-12-6-8-14-29(27)25-37(35)43-39/h17-21,26-29,32-37H,3-16,22-25H2,1-2H3/q+1. The van der Waals surface area contributed by atoms with Crippen molar-refractivity contribution in [3.63, 3.8) is 0 Å². The highest BCUT2D eigenvalue weighted by Gasteiger charge is 2.49. The molecule has 6 aliphatic carbocycles. The summed E-state index contributed by atoms with van der Waals surface area (Å²) in [5, 5.41) is 4.82. The van der Waals surface area contributed by atoms with E-state index in [1.54, 1.807) is 21.2 Å². The Kier molecular flexibility index (Phi) is 8.74. The average molecular weight is 618 g/mol. The van der Waals surface area contributed by atoms with Crippen LogP contribution in [0.2, 0.25) is 0 Å². The summed E-state index contributed by atoms with van der Waals surface area (Å²) in [4.78, 5) is 2.80. The summed E-state index contributed by atoms with van der Waals surface area (Å²) in [6.45, 7) is 7.14. The van der Waals surface area contributed by atoms with Crippen LogP contribution in [0.4, 0.5) is 0 Å². The van der Waals surface area contributed by atoms with Gasteiger partial charge in [0.25, 0.3) is 0 Å². The molecule has 0 aromatic heterocycles. The largest absolute Gasteiger partial charge is 0.363 e. The monoisotopic (exact) mass is 617 g/mol. The van der Waals surface area contributed by atoms with E-state index >= 15 is 0 Å². The third-order valence-corrected chi connectivity index (χ3v) is 16.4. The average Bonchev–Trinajstić information content (AvgIpc) is 3.70. The van der Waals surface area contributed by atoms with Gasteiger partial charge in [-0.1, -0.05) is 76.0 Å². The van der Waals surface area contributed by atoms with Crippen LogP contribution in [0.3, 0.4) is 0 Å². The van der Waals surface area contributed by atoms with Crippen molar-refractivity contribution < 1.29 is 4.58 Å². The molecule has 5 saturated carbocycles. The number of thioether (sulfide) groups is 2. The summed E-state index contributed by atoms with van der Waals surface area (Å²) in [5.41, 5.74) is 3.26. The van der Waals surface area contributed by atoms with Crippen LogP contribution in [-0.2, 0) is 0 Å². The first-order chi connectivity index (χ1) is 21.2. The van der Waals surface area contributed by atoms with Gasteiger partial charge in [0.05, 0.1) is 10.3 Å². The lowest BCUT2D eigenvalue weighted by atomic mass is 9.69. The van der Waals surface area contributed by atoms with E-state index in [4.69, 9.17) is 0 Å². The Labute approximate surface area is 271 Å². The van der Waals surface area contributed by atoms with Crippen molar-refractivity contribution in [2.45, 2.75) is 139 Å². The van der Waals surface area contributed by atoms with Crippen LogP contribution in [-0.4, -0.2) is 50.2 Å². The number of allylic oxidation sites excluding steroid dienone is 6. The van der Waals surface area contributed by atoms with Crippen molar-refractivity contribution >= 4 is 28.6 Å². The van der Waals surface area contributed by atoms with Crippen molar-refractivity contribution in [2.24, 2.45) is 35.5 Å². The zero-order valence-electron chi connectivity index (χ0n) is 27.1. The van der Waals surface area contributed by atoms with Gasteiger partial charge in [0.15, 0.2) is 6.04 Å². The molecule has 0 aromatic carbocycles. The Morgan fingerprint density at radius 2 is 1.37 bits per heavy atom. The van der Waals surface area contributed by atoms with Crippen LogP contribution in [0.25, 0.3) is 0 Å². The molecule has 0 spiro atoms. The van der Waals surface area contributed by atoms with Crippen LogP contribution >= 0.6 is 23.5 Å². The van der Waals surface area contributed by atoms with Crippen molar-refractivity contribution in [1.82, 2.24) is 4.90 Å². The van der Waals surface area contributed by atoms with E-state index in [-0.39, 0.29) is 0 Å². The van der Waals surface area contributed by atoms with Crippen molar-refractivity contribution in [3.05, 3.63) is 46.6 Å². The molecule has 0 bridgehead atoms. The fourth-order valence-electron chi connectivity index (χ4n) is 11.4. The summed E-state index contributed by atoms with van der Waals surface area (Å²) >= 11 is 4.48. The van der Waals surface area contributed by atoms with Crippen LogP contribution in [0.15, 0.2) is 46.6 Å². The lowest BCUT2D eigenvalue weighted by molar-refractivity contribution is -0.560. The van der Waals surface area contributed by atoms with Crippen molar-refractivity contribution in [2.75, 3.05) is 13.1 Å². The minimum atomic E-state index is 0.742. The van der Waals surface area contributed by atoms with Crippen LogP contribution in [0.1, 0.15) is 117 Å². The first-order valence-corrected chi connectivity index (χ1v) is 20.5. The molecule has 0 amide bonds. The van der Waals surface area contributed by atoms with Gasteiger partial charge in [0.1, 0.15) is 6.54 Å². The van der Waals surface area contributed by atoms with Gasteiger partial charge in [0, 0.05) is 30.3 Å². The maximum absolute atomic E-state index is 2.80. The topological polar surface area (TPSA) is 6.25 Å². The fraction of sp³-hybridized carbons (Fsp3) is 0.769. The highest BCUT2D eigenvalue weighted by Crippen LogP contribution is 2.53. The number of nitrogens with zero attached hydrogens (tertiary/aromatic N) is 2. The molecule has 2 heterocycles. The van der Waals surface area contributed by atoms with Gasteiger partial charge >= 0.3 is 0 Å². The van der Waals surface area contributed by atoms with E-state index in [0.29, 0.717) is 0 Å². The van der Waals surface area contributed by atoms with Crippen LogP contribution in [0.5, 0.6) is 0 Å².